The van der Waals surface area contributed by atoms with E-state index in [4.69, 9.17) is 9.40 Å². The standard InChI is InChI=1S/C14H18N2O/c1-9-5-6-10(2)13-12(9)16-14(17-13)11-4-3-7-15-8-11/h5-6,11,15H,3-4,7-8H2,1-2H3. The molecule has 1 aromatic heterocycles. The zero-order valence-corrected chi connectivity index (χ0v) is 10.4. The zero-order valence-electron chi connectivity index (χ0n) is 10.4. The predicted octanol–water partition coefficient (Wildman–Crippen LogP) is 2.91. The molecule has 3 heteroatoms. The average molecular weight is 230 g/mol. The van der Waals surface area contributed by atoms with Crippen molar-refractivity contribution in [2.45, 2.75) is 32.6 Å². The summed E-state index contributed by atoms with van der Waals surface area (Å²) in [6.07, 6.45) is 2.39. The van der Waals surface area contributed by atoms with Gasteiger partial charge in [0.05, 0.1) is 0 Å². The fourth-order valence-electron chi connectivity index (χ4n) is 2.51. The number of fused-ring (bicyclic) bond motifs is 1. The van der Waals surface area contributed by atoms with Crippen LogP contribution in [0.4, 0.5) is 0 Å². The molecule has 1 aliphatic heterocycles. The maximum Gasteiger partial charge on any atom is 0.199 e. The number of piperidine rings is 1. The van der Waals surface area contributed by atoms with E-state index in [-0.39, 0.29) is 0 Å². The Morgan fingerprint density at radius 1 is 1.29 bits per heavy atom. The normalized spacial score (nSPS) is 20.9. The summed E-state index contributed by atoms with van der Waals surface area (Å²) < 4.78 is 5.97. The molecule has 1 atom stereocenters. The van der Waals surface area contributed by atoms with E-state index >= 15 is 0 Å². The van der Waals surface area contributed by atoms with Crippen molar-refractivity contribution in [3.8, 4) is 0 Å². The number of aryl methyl sites for hydroxylation is 2. The molecule has 0 radical (unpaired) electrons. The van der Waals surface area contributed by atoms with Gasteiger partial charge in [0.15, 0.2) is 11.5 Å². The number of nitrogens with zero attached hydrogens (tertiary/aromatic N) is 1. The molecule has 1 aliphatic rings. The van der Waals surface area contributed by atoms with Gasteiger partial charge in [-0.1, -0.05) is 12.1 Å². The van der Waals surface area contributed by atoms with Crippen molar-refractivity contribution in [1.29, 1.82) is 0 Å². The molecule has 1 saturated heterocycles. The third kappa shape index (κ3) is 1.84. The minimum Gasteiger partial charge on any atom is -0.440 e. The van der Waals surface area contributed by atoms with Crippen molar-refractivity contribution in [2.75, 3.05) is 13.1 Å². The Morgan fingerprint density at radius 2 is 2.12 bits per heavy atom. The van der Waals surface area contributed by atoms with E-state index in [9.17, 15) is 0 Å². The van der Waals surface area contributed by atoms with Crippen molar-refractivity contribution in [2.24, 2.45) is 0 Å². The van der Waals surface area contributed by atoms with Crippen LogP contribution < -0.4 is 5.32 Å². The van der Waals surface area contributed by atoms with Crippen LogP contribution in [0.5, 0.6) is 0 Å². The summed E-state index contributed by atoms with van der Waals surface area (Å²) in [6, 6.07) is 4.22. The van der Waals surface area contributed by atoms with Gasteiger partial charge in [0.25, 0.3) is 0 Å². The van der Waals surface area contributed by atoms with Crippen LogP contribution in [0.1, 0.15) is 35.8 Å². The number of hydrogen-bond acceptors (Lipinski definition) is 3. The molecule has 0 amide bonds. The highest BCUT2D eigenvalue weighted by atomic mass is 16.3. The molecule has 2 aromatic rings. The van der Waals surface area contributed by atoms with Crippen LogP contribution in [0.15, 0.2) is 16.5 Å². The van der Waals surface area contributed by atoms with Gasteiger partial charge in [0, 0.05) is 12.5 Å². The molecule has 17 heavy (non-hydrogen) atoms. The lowest BCUT2D eigenvalue weighted by molar-refractivity contribution is 0.387. The van der Waals surface area contributed by atoms with Crippen molar-refractivity contribution in [3.63, 3.8) is 0 Å². The van der Waals surface area contributed by atoms with E-state index in [2.05, 4.69) is 31.3 Å². The molecule has 1 fully saturated rings. The molecule has 0 saturated carbocycles. The summed E-state index contributed by atoms with van der Waals surface area (Å²) in [7, 11) is 0. The Hall–Kier alpha value is -1.35. The summed E-state index contributed by atoms with van der Waals surface area (Å²) in [5.41, 5.74) is 4.37. The Labute approximate surface area is 101 Å². The van der Waals surface area contributed by atoms with Crippen molar-refractivity contribution >= 4 is 11.1 Å². The van der Waals surface area contributed by atoms with E-state index in [1.54, 1.807) is 0 Å². The number of oxazole rings is 1. The van der Waals surface area contributed by atoms with Crippen LogP contribution >= 0.6 is 0 Å². The minimum absolute atomic E-state index is 0.440. The lowest BCUT2D eigenvalue weighted by Gasteiger charge is -2.19. The SMILES string of the molecule is Cc1ccc(C)c2oc(C3CCCNC3)nc12. The summed E-state index contributed by atoms with van der Waals surface area (Å²) in [5.74, 6) is 1.35. The fourth-order valence-corrected chi connectivity index (χ4v) is 2.51. The molecule has 1 unspecified atom stereocenters. The Bertz CT molecular complexity index is 499. The molecular weight excluding hydrogens is 212 g/mol. The lowest BCUT2D eigenvalue weighted by Crippen LogP contribution is -2.28. The van der Waals surface area contributed by atoms with E-state index in [0.717, 1.165) is 30.1 Å². The smallest absolute Gasteiger partial charge is 0.199 e. The Balaban J connectivity index is 2.06. The summed E-state index contributed by atoms with van der Waals surface area (Å²) >= 11 is 0. The summed E-state index contributed by atoms with van der Waals surface area (Å²) in [5, 5.41) is 3.41. The molecule has 0 spiro atoms. The monoisotopic (exact) mass is 230 g/mol. The number of hydrogen-bond donors (Lipinski definition) is 1. The van der Waals surface area contributed by atoms with Gasteiger partial charge in [-0.25, -0.2) is 4.98 Å². The number of nitrogens with one attached hydrogen (secondary N) is 1. The molecule has 3 rings (SSSR count). The van der Waals surface area contributed by atoms with Crippen LogP contribution in [0, 0.1) is 13.8 Å². The summed E-state index contributed by atoms with van der Waals surface area (Å²) in [6.45, 7) is 6.28. The first kappa shape index (κ1) is 10.8. The van der Waals surface area contributed by atoms with Crippen LogP contribution in [-0.4, -0.2) is 18.1 Å². The topological polar surface area (TPSA) is 38.1 Å². The van der Waals surface area contributed by atoms with Gasteiger partial charge in [-0.2, -0.15) is 0 Å². The highest BCUT2D eigenvalue weighted by Gasteiger charge is 2.21. The van der Waals surface area contributed by atoms with Gasteiger partial charge < -0.3 is 9.73 Å². The molecular formula is C14H18N2O. The Kier molecular flexibility index (Phi) is 2.63. The molecule has 3 nitrogen and oxygen atoms in total. The number of benzene rings is 1. The predicted molar refractivity (Wildman–Crippen MR) is 68.3 cm³/mol. The van der Waals surface area contributed by atoms with Crippen LogP contribution in [0.3, 0.4) is 0 Å². The molecule has 0 bridgehead atoms. The second kappa shape index (κ2) is 4.15. The van der Waals surface area contributed by atoms with Gasteiger partial charge in [-0.3, -0.25) is 0 Å². The largest absolute Gasteiger partial charge is 0.440 e. The van der Waals surface area contributed by atoms with E-state index in [0.29, 0.717) is 5.92 Å². The van der Waals surface area contributed by atoms with Gasteiger partial charge >= 0.3 is 0 Å². The van der Waals surface area contributed by atoms with Crippen LogP contribution in [-0.2, 0) is 0 Å². The quantitative estimate of drug-likeness (QED) is 0.818. The minimum atomic E-state index is 0.440. The third-order valence-corrected chi connectivity index (χ3v) is 3.60. The van der Waals surface area contributed by atoms with Crippen molar-refractivity contribution < 1.29 is 4.42 Å². The van der Waals surface area contributed by atoms with Gasteiger partial charge in [-0.15, -0.1) is 0 Å². The van der Waals surface area contributed by atoms with E-state index < -0.39 is 0 Å². The first-order chi connectivity index (χ1) is 8.25. The highest BCUT2D eigenvalue weighted by molar-refractivity contribution is 5.79. The summed E-state index contributed by atoms with van der Waals surface area (Å²) in [4.78, 5) is 4.69. The lowest BCUT2D eigenvalue weighted by atomic mass is 10.00. The molecule has 2 heterocycles. The first-order valence-electron chi connectivity index (χ1n) is 6.33. The molecule has 1 aromatic carbocycles. The Morgan fingerprint density at radius 3 is 2.82 bits per heavy atom. The van der Waals surface area contributed by atoms with Crippen LogP contribution in [0.2, 0.25) is 0 Å². The van der Waals surface area contributed by atoms with Crippen LogP contribution in [0.25, 0.3) is 11.1 Å². The fraction of sp³-hybridized carbons (Fsp3) is 0.500. The molecule has 0 aliphatic carbocycles. The van der Waals surface area contributed by atoms with Crippen molar-refractivity contribution in [3.05, 3.63) is 29.2 Å². The average Bonchev–Trinajstić information content (AvgIpc) is 2.81. The van der Waals surface area contributed by atoms with Gasteiger partial charge in [0.1, 0.15) is 5.52 Å². The second-order valence-electron chi connectivity index (χ2n) is 4.97. The molecule has 90 valence electrons. The molecule has 1 N–H and O–H groups in total. The zero-order chi connectivity index (χ0) is 11.8. The maximum absolute atomic E-state index is 5.97. The van der Waals surface area contributed by atoms with Gasteiger partial charge in [0.2, 0.25) is 0 Å². The third-order valence-electron chi connectivity index (χ3n) is 3.60. The highest BCUT2D eigenvalue weighted by Crippen LogP contribution is 2.29. The van der Waals surface area contributed by atoms with Gasteiger partial charge in [-0.05, 0) is 44.4 Å². The maximum atomic E-state index is 5.97. The van der Waals surface area contributed by atoms with E-state index in [1.807, 2.05) is 0 Å². The van der Waals surface area contributed by atoms with E-state index in [1.165, 1.54) is 24.0 Å². The van der Waals surface area contributed by atoms with Crippen molar-refractivity contribution in [1.82, 2.24) is 10.3 Å². The number of aromatic nitrogens is 1. The second-order valence-corrected chi connectivity index (χ2v) is 4.97. The number of rotatable bonds is 1. The first-order valence-corrected chi connectivity index (χ1v) is 6.33.